The van der Waals surface area contributed by atoms with Crippen LogP contribution in [-0.4, -0.2) is 27.2 Å². The minimum Gasteiger partial charge on any atom is -0.482 e. The van der Waals surface area contributed by atoms with Gasteiger partial charge in [0.25, 0.3) is 0 Å². The van der Waals surface area contributed by atoms with Gasteiger partial charge in [0.15, 0.2) is 11.6 Å². The molecule has 1 unspecified atom stereocenters. The maximum Gasteiger partial charge on any atom is 0.166 e. The first kappa shape index (κ1) is 22.0. The van der Waals surface area contributed by atoms with Crippen LogP contribution in [0.15, 0.2) is 59.1 Å². The van der Waals surface area contributed by atoms with Crippen LogP contribution in [0.25, 0.3) is 11.3 Å². The highest BCUT2D eigenvalue weighted by Crippen LogP contribution is 2.36. The van der Waals surface area contributed by atoms with Gasteiger partial charge in [-0.15, -0.1) is 0 Å². The first-order chi connectivity index (χ1) is 16.4. The van der Waals surface area contributed by atoms with Crippen LogP contribution in [0.1, 0.15) is 49.6 Å². The standard InChI is InChI=1S/C26H27FN6O/c1-14(28)20-11-22-25(31-8-7-30-22)19-6-5-18(27)10-21(19)15(2)34-23-9-17(13-33-26(23)29)24(20)32-12-16-3-4-16/h5-10,13,15-16H,3-4,11-12,28H2,1-2H3,(H2,29,33). The van der Waals surface area contributed by atoms with Gasteiger partial charge in [-0.25, -0.2) is 9.37 Å². The van der Waals surface area contributed by atoms with Crippen LogP contribution in [0.2, 0.25) is 0 Å². The van der Waals surface area contributed by atoms with Crippen LogP contribution in [0, 0.1) is 11.7 Å². The number of hydrogen-bond donors (Lipinski definition) is 2. The Kier molecular flexibility index (Phi) is 5.73. The van der Waals surface area contributed by atoms with E-state index in [-0.39, 0.29) is 11.6 Å². The highest BCUT2D eigenvalue weighted by atomic mass is 19.1. The summed E-state index contributed by atoms with van der Waals surface area (Å²) in [5.74, 6) is 0.898. The third-order valence-electron chi connectivity index (χ3n) is 6.25. The van der Waals surface area contributed by atoms with Crippen molar-refractivity contribution >= 4 is 11.5 Å². The molecule has 0 saturated heterocycles. The normalized spacial score (nSPS) is 20.4. The number of nitrogens with two attached hydrogens (primary N) is 2. The van der Waals surface area contributed by atoms with Crippen LogP contribution in [0.4, 0.5) is 10.2 Å². The molecule has 34 heavy (non-hydrogen) atoms. The summed E-state index contributed by atoms with van der Waals surface area (Å²) in [5.41, 5.74) is 18.3. The average Bonchev–Trinajstić information content (AvgIpc) is 3.64. The van der Waals surface area contributed by atoms with E-state index < -0.39 is 6.10 Å². The van der Waals surface area contributed by atoms with Crippen molar-refractivity contribution in [1.29, 1.82) is 0 Å². The molecule has 2 bridgehead atoms. The number of allylic oxidation sites excluding steroid dienone is 2. The second-order valence-electron chi connectivity index (χ2n) is 8.92. The summed E-state index contributed by atoms with van der Waals surface area (Å²) in [6.07, 6.45) is 7.25. The van der Waals surface area contributed by atoms with Crippen molar-refractivity contribution in [3.05, 3.63) is 76.8 Å². The lowest BCUT2D eigenvalue weighted by Gasteiger charge is -2.22. The Labute approximate surface area is 197 Å². The van der Waals surface area contributed by atoms with Gasteiger partial charge in [0.05, 0.1) is 17.1 Å². The van der Waals surface area contributed by atoms with Crippen LogP contribution >= 0.6 is 0 Å². The zero-order chi connectivity index (χ0) is 23.8. The fraction of sp³-hybridized carbons (Fsp3) is 0.308. The van der Waals surface area contributed by atoms with Gasteiger partial charge in [-0.1, -0.05) is 0 Å². The molecule has 1 aliphatic carbocycles. The molecule has 8 heteroatoms. The van der Waals surface area contributed by atoms with Crippen LogP contribution < -0.4 is 16.2 Å². The summed E-state index contributed by atoms with van der Waals surface area (Å²) in [7, 11) is 0. The summed E-state index contributed by atoms with van der Waals surface area (Å²) < 4.78 is 20.5. The summed E-state index contributed by atoms with van der Waals surface area (Å²) >= 11 is 0. The van der Waals surface area contributed by atoms with Gasteiger partial charge in [-0.2, -0.15) is 0 Å². The second kappa shape index (κ2) is 8.85. The van der Waals surface area contributed by atoms with E-state index >= 15 is 0 Å². The number of anilines is 1. The molecule has 0 amide bonds. The number of aromatic nitrogens is 3. The number of rotatable bonds is 2. The van der Waals surface area contributed by atoms with Gasteiger partial charge in [0.1, 0.15) is 11.9 Å². The van der Waals surface area contributed by atoms with Crippen molar-refractivity contribution in [2.24, 2.45) is 16.6 Å². The number of ether oxygens (including phenoxy) is 1. The Morgan fingerprint density at radius 1 is 1.18 bits per heavy atom. The molecule has 3 heterocycles. The predicted octanol–water partition coefficient (Wildman–Crippen LogP) is 4.39. The molecule has 3 aromatic rings. The maximum atomic E-state index is 14.3. The van der Waals surface area contributed by atoms with E-state index in [9.17, 15) is 4.39 Å². The van der Waals surface area contributed by atoms with Crippen LogP contribution in [-0.2, 0) is 6.42 Å². The quantitative estimate of drug-likeness (QED) is 0.589. The number of halogens is 1. The van der Waals surface area contributed by atoms with E-state index in [0.29, 0.717) is 35.0 Å². The van der Waals surface area contributed by atoms with Crippen molar-refractivity contribution in [3.63, 3.8) is 0 Å². The second-order valence-corrected chi connectivity index (χ2v) is 8.92. The number of fused-ring (bicyclic) bond motifs is 5. The van der Waals surface area contributed by atoms with E-state index in [1.807, 2.05) is 19.9 Å². The molecular formula is C26H27FN6O. The highest BCUT2D eigenvalue weighted by Gasteiger charge is 2.26. The molecule has 4 N–H and O–H groups in total. The minimum absolute atomic E-state index is 0.252. The van der Waals surface area contributed by atoms with E-state index in [0.717, 1.165) is 34.7 Å². The van der Waals surface area contributed by atoms with E-state index in [1.165, 1.54) is 25.0 Å². The summed E-state index contributed by atoms with van der Waals surface area (Å²) in [6, 6.07) is 6.43. The Balaban J connectivity index is 1.76. The fourth-order valence-corrected chi connectivity index (χ4v) is 4.20. The third kappa shape index (κ3) is 4.35. The fourth-order valence-electron chi connectivity index (χ4n) is 4.20. The molecule has 1 fully saturated rings. The van der Waals surface area contributed by atoms with Gasteiger partial charge in [0, 0.05) is 59.5 Å². The average molecular weight is 459 g/mol. The van der Waals surface area contributed by atoms with Crippen LogP contribution in [0.5, 0.6) is 5.75 Å². The zero-order valence-corrected chi connectivity index (χ0v) is 19.3. The molecule has 2 aliphatic rings. The molecule has 174 valence electrons. The predicted molar refractivity (Wildman–Crippen MR) is 130 cm³/mol. The molecule has 1 aliphatic heterocycles. The zero-order valence-electron chi connectivity index (χ0n) is 19.3. The molecule has 2 aromatic heterocycles. The first-order valence-corrected chi connectivity index (χ1v) is 11.4. The highest BCUT2D eigenvalue weighted by molar-refractivity contribution is 6.13. The van der Waals surface area contributed by atoms with Crippen LogP contribution in [0.3, 0.4) is 0 Å². The van der Waals surface area contributed by atoms with Crippen molar-refractivity contribution in [2.45, 2.75) is 39.2 Å². The minimum atomic E-state index is -0.516. The molecule has 5 rings (SSSR count). The van der Waals surface area contributed by atoms with Gasteiger partial charge in [0.2, 0.25) is 0 Å². The van der Waals surface area contributed by atoms with Gasteiger partial charge >= 0.3 is 0 Å². The Hall–Kier alpha value is -3.81. The monoisotopic (exact) mass is 458 g/mol. The lowest BCUT2D eigenvalue weighted by molar-refractivity contribution is 0.227. The number of benzene rings is 1. The Morgan fingerprint density at radius 2 is 1.97 bits per heavy atom. The number of aliphatic imine (C=N–C) groups is 1. The number of nitrogen functional groups attached to an aromatic ring is 1. The Morgan fingerprint density at radius 3 is 2.74 bits per heavy atom. The molecule has 1 aromatic carbocycles. The summed E-state index contributed by atoms with van der Waals surface area (Å²) in [6.45, 7) is 4.43. The van der Waals surface area contributed by atoms with Crippen molar-refractivity contribution in [3.8, 4) is 17.0 Å². The van der Waals surface area contributed by atoms with E-state index in [2.05, 4.69) is 15.0 Å². The molecule has 7 nitrogen and oxygen atoms in total. The smallest absolute Gasteiger partial charge is 0.166 e. The summed E-state index contributed by atoms with van der Waals surface area (Å²) in [5, 5.41) is 0. The first-order valence-electron chi connectivity index (χ1n) is 11.4. The lowest BCUT2D eigenvalue weighted by atomic mass is 9.93. The van der Waals surface area contributed by atoms with Crippen molar-refractivity contribution < 1.29 is 9.13 Å². The van der Waals surface area contributed by atoms with E-state index in [4.69, 9.17) is 21.2 Å². The number of pyridine rings is 1. The largest absolute Gasteiger partial charge is 0.482 e. The molecule has 0 radical (unpaired) electrons. The van der Waals surface area contributed by atoms with Gasteiger partial charge in [-0.3, -0.25) is 15.0 Å². The van der Waals surface area contributed by atoms with Gasteiger partial charge < -0.3 is 16.2 Å². The summed E-state index contributed by atoms with van der Waals surface area (Å²) in [4.78, 5) is 18.6. The number of nitrogens with zero attached hydrogens (tertiary/aromatic N) is 4. The topological polar surface area (TPSA) is 112 Å². The Bertz CT molecular complexity index is 1310. The lowest BCUT2D eigenvalue weighted by Crippen LogP contribution is -2.18. The van der Waals surface area contributed by atoms with E-state index in [1.54, 1.807) is 24.7 Å². The molecule has 1 atom stereocenters. The SMILES string of the molecule is CC(N)=C1Cc2nccnc2-c2ccc(F)cc2C(C)Oc2cc(cnc2N)C1=NCC1CC1. The molecular weight excluding hydrogens is 431 g/mol. The van der Waals surface area contributed by atoms with Gasteiger partial charge in [-0.05, 0) is 56.9 Å². The molecule has 0 spiro atoms. The maximum absolute atomic E-state index is 14.3. The molecule has 1 saturated carbocycles. The van der Waals surface area contributed by atoms with Crippen molar-refractivity contribution in [2.75, 3.05) is 12.3 Å². The third-order valence-corrected chi connectivity index (χ3v) is 6.25. The van der Waals surface area contributed by atoms with Crippen molar-refractivity contribution in [1.82, 2.24) is 15.0 Å². The number of hydrogen-bond acceptors (Lipinski definition) is 7.